The number of hydrogen-bond donors (Lipinski definition) is 1. The van der Waals surface area contributed by atoms with E-state index in [0.717, 1.165) is 0 Å². The van der Waals surface area contributed by atoms with Crippen LogP contribution in [0.15, 0.2) is 24.3 Å². The number of likely N-dealkylation sites (N-methyl/N-ethyl adjacent to an activating group) is 1. The van der Waals surface area contributed by atoms with Crippen molar-refractivity contribution < 1.29 is 0 Å². The molecule has 0 bridgehead atoms. The molecular formula is C17H31N3. The standard InChI is InChI=1S/C17H31N3/c1-13(17(2,3)4)20(7)16(12-18)14-8-10-15(11-9-14)19(5)6/h8-11,13,16H,12,18H2,1-7H3. The molecule has 3 heteroatoms. The van der Waals surface area contributed by atoms with E-state index in [4.69, 9.17) is 5.73 Å². The third-order valence-corrected chi connectivity index (χ3v) is 4.37. The molecule has 0 spiro atoms. The molecule has 1 aromatic carbocycles. The Kier molecular flexibility index (Phi) is 5.60. The topological polar surface area (TPSA) is 32.5 Å². The van der Waals surface area contributed by atoms with Crippen molar-refractivity contribution in [3.63, 3.8) is 0 Å². The minimum atomic E-state index is 0.242. The first kappa shape index (κ1) is 17.0. The first-order valence-electron chi connectivity index (χ1n) is 7.37. The number of anilines is 1. The fourth-order valence-electron chi connectivity index (χ4n) is 2.41. The zero-order valence-electron chi connectivity index (χ0n) is 14.1. The number of benzene rings is 1. The monoisotopic (exact) mass is 277 g/mol. The van der Waals surface area contributed by atoms with Gasteiger partial charge in [0.2, 0.25) is 0 Å². The van der Waals surface area contributed by atoms with Gasteiger partial charge in [0, 0.05) is 38.4 Å². The van der Waals surface area contributed by atoms with E-state index in [1.165, 1.54) is 11.3 Å². The summed E-state index contributed by atoms with van der Waals surface area (Å²) in [6, 6.07) is 9.43. The minimum absolute atomic E-state index is 0.242. The first-order valence-corrected chi connectivity index (χ1v) is 7.37. The predicted molar refractivity (Wildman–Crippen MR) is 89.2 cm³/mol. The lowest BCUT2D eigenvalue weighted by Gasteiger charge is -2.40. The van der Waals surface area contributed by atoms with E-state index in [1.54, 1.807) is 0 Å². The van der Waals surface area contributed by atoms with E-state index < -0.39 is 0 Å². The summed E-state index contributed by atoms with van der Waals surface area (Å²) in [6.07, 6.45) is 0. The maximum atomic E-state index is 6.03. The van der Waals surface area contributed by atoms with Crippen molar-refractivity contribution >= 4 is 5.69 Å². The van der Waals surface area contributed by atoms with E-state index in [9.17, 15) is 0 Å². The summed E-state index contributed by atoms with van der Waals surface area (Å²) in [6.45, 7) is 9.74. The van der Waals surface area contributed by atoms with Crippen LogP contribution in [0.2, 0.25) is 0 Å². The molecule has 2 unspecified atom stereocenters. The lowest BCUT2D eigenvalue weighted by molar-refractivity contribution is 0.100. The fourth-order valence-corrected chi connectivity index (χ4v) is 2.41. The van der Waals surface area contributed by atoms with Crippen LogP contribution in [-0.2, 0) is 0 Å². The minimum Gasteiger partial charge on any atom is -0.378 e. The summed E-state index contributed by atoms with van der Waals surface area (Å²) in [5.74, 6) is 0. The largest absolute Gasteiger partial charge is 0.378 e. The van der Waals surface area contributed by atoms with Gasteiger partial charge in [-0.25, -0.2) is 0 Å². The second-order valence-electron chi connectivity index (χ2n) is 6.94. The molecule has 0 amide bonds. The Morgan fingerprint density at radius 2 is 1.55 bits per heavy atom. The molecule has 0 aliphatic carbocycles. The van der Waals surface area contributed by atoms with Crippen molar-refractivity contribution in [3.8, 4) is 0 Å². The molecule has 0 aliphatic heterocycles. The van der Waals surface area contributed by atoms with Crippen molar-refractivity contribution in [3.05, 3.63) is 29.8 Å². The first-order chi connectivity index (χ1) is 9.18. The van der Waals surface area contributed by atoms with E-state index in [2.05, 4.69) is 82.9 Å². The zero-order valence-corrected chi connectivity index (χ0v) is 14.1. The Morgan fingerprint density at radius 1 is 1.05 bits per heavy atom. The highest BCUT2D eigenvalue weighted by Crippen LogP contribution is 2.30. The second-order valence-corrected chi connectivity index (χ2v) is 6.94. The summed E-state index contributed by atoms with van der Waals surface area (Å²) in [5, 5.41) is 0. The smallest absolute Gasteiger partial charge is 0.0470 e. The Hall–Kier alpha value is -1.06. The maximum Gasteiger partial charge on any atom is 0.0470 e. The number of hydrogen-bond acceptors (Lipinski definition) is 3. The van der Waals surface area contributed by atoms with Crippen LogP contribution in [0.3, 0.4) is 0 Å². The molecule has 0 fully saturated rings. The SMILES string of the molecule is CC(N(C)C(CN)c1ccc(N(C)C)cc1)C(C)(C)C. The third kappa shape index (κ3) is 3.97. The van der Waals surface area contributed by atoms with Crippen molar-refractivity contribution in [1.29, 1.82) is 0 Å². The molecule has 0 heterocycles. The summed E-state index contributed by atoms with van der Waals surface area (Å²) in [4.78, 5) is 4.51. The van der Waals surface area contributed by atoms with E-state index in [1.807, 2.05) is 0 Å². The third-order valence-electron chi connectivity index (χ3n) is 4.37. The van der Waals surface area contributed by atoms with Gasteiger partial charge in [0.1, 0.15) is 0 Å². The maximum absolute atomic E-state index is 6.03. The number of nitrogens with two attached hydrogens (primary N) is 1. The molecule has 1 rings (SSSR count). The van der Waals surface area contributed by atoms with Crippen LogP contribution in [0, 0.1) is 5.41 Å². The van der Waals surface area contributed by atoms with Gasteiger partial charge < -0.3 is 10.6 Å². The molecule has 1 aromatic rings. The van der Waals surface area contributed by atoms with Gasteiger partial charge in [0.05, 0.1) is 0 Å². The van der Waals surface area contributed by atoms with Crippen LogP contribution in [0.1, 0.15) is 39.3 Å². The van der Waals surface area contributed by atoms with Crippen molar-refractivity contribution in [1.82, 2.24) is 4.90 Å². The van der Waals surface area contributed by atoms with Gasteiger partial charge >= 0.3 is 0 Å². The summed E-state index contributed by atoms with van der Waals surface area (Å²) in [5.41, 5.74) is 8.78. The molecule has 20 heavy (non-hydrogen) atoms. The predicted octanol–water partition coefficient (Wildman–Crippen LogP) is 3.12. The molecule has 0 aromatic heterocycles. The van der Waals surface area contributed by atoms with E-state index in [-0.39, 0.29) is 11.5 Å². The molecule has 2 atom stereocenters. The van der Waals surface area contributed by atoms with Gasteiger partial charge in [-0.2, -0.15) is 0 Å². The zero-order chi connectivity index (χ0) is 15.5. The Morgan fingerprint density at radius 3 is 1.90 bits per heavy atom. The van der Waals surface area contributed by atoms with Crippen LogP contribution < -0.4 is 10.6 Å². The number of nitrogens with zero attached hydrogens (tertiary/aromatic N) is 2. The molecule has 0 aliphatic rings. The van der Waals surface area contributed by atoms with Crippen molar-refractivity contribution in [2.75, 3.05) is 32.6 Å². The van der Waals surface area contributed by atoms with Crippen LogP contribution in [0.5, 0.6) is 0 Å². The lowest BCUT2D eigenvalue weighted by atomic mass is 9.86. The Balaban J connectivity index is 2.95. The van der Waals surface area contributed by atoms with Gasteiger partial charge in [-0.15, -0.1) is 0 Å². The average Bonchev–Trinajstić information content (AvgIpc) is 2.38. The Bertz CT molecular complexity index is 403. The fraction of sp³-hybridized carbons (Fsp3) is 0.647. The highest BCUT2D eigenvalue weighted by molar-refractivity contribution is 5.46. The normalized spacial score (nSPS) is 15.2. The highest BCUT2D eigenvalue weighted by atomic mass is 15.2. The van der Waals surface area contributed by atoms with Gasteiger partial charge in [0.15, 0.2) is 0 Å². The van der Waals surface area contributed by atoms with E-state index in [0.29, 0.717) is 12.6 Å². The van der Waals surface area contributed by atoms with Gasteiger partial charge in [-0.1, -0.05) is 32.9 Å². The van der Waals surface area contributed by atoms with Gasteiger partial charge in [-0.05, 0) is 37.1 Å². The molecule has 3 nitrogen and oxygen atoms in total. The van der Waals surface area contributed by atoms with Crippen LogP contribution in [0.4, 0.5) is 5.69 Å². The summed E-state index contributed by atoms with van der Waals surface area (Å²) in [7, 11) is 6.29. The van der Waals surface area contributed by atoms with Crippen molar-refractivity contribution in [2.24, 2.45) is 11.1 Å². The van der Waals surface area contributed by atoms with Gasteiger partial charge in [-0.3, -0.25) is 4.90 Å². The summed E-state index contributed by atoms with van der Waals surface area (Å²) >= 11 is 0. The second kappa shape index (κ2) is 6.59. The molecule has 0 radical (unpaired) electrons. The average molecular weight is 277 g/mol. The highest BCUT2D eigenvalue weighted by Gasteiger charge is 2.28. The quantitative estimate of drug-likeness (QED) is 0.897. The summed E-state index contributed by atoms with van der Waals surface area (Å²) < 4.78 is 0. The Labute approximate surface area is 124 Å². The molecule has 114 valence electrons. The number of rotatable bonds is 5. The lowest BCUT2D eigenvalue weighted by Crippen LogP contribution is -2.43. The molecule has 2 N–H and O–H groups in total. The van der Waals surface area contributed by atoms with Gasteiger partial charge in [0.25, 0.3) is 0 Å². The molecule has 0 saturated carbocycles. The molecular weight excluding hydrogens is 246 g/mol. The van der Waals surface area contributed by atoms with Crippen LogP contribution in [-0.4, -0.2) is 38.6 Å². The van der Waals surface area contributed by atoms with Crippen molar-refractivity contribution in [2.45, 2.75) is 39.8 Å². The molecule has 0 saturated heterocycles. The van der Waals surface area contributed by atoms with E-state index >= 15 is 0 Å². The van der Waals surface area contributed by atoms with Crippen LogP contribution >= 0.6 is 0 Å². The van der Waals surface area contributed by atoms with Crippen LogP contribution in [0.25, 0.3) is 0 Å².